The molecule has 2 aliphatic rings. The number of hydrogen-bond donors (Lipinski definition) is 1. The average molecular weight is 232 g/mol. The standard InChI is InChI=1S/C9H16O5Si/c1-6(2)15-12-4-3-8(14-15)7(5-13-15)9(10)11/h6-8H,3-5H2,1-2H3,(H,10,11). The lowest BCUT2D eigenvalue weighted by Crippen LogP contribution is -2.62. The maximum atomic E-state index is 10.9. The largest absolute Gasteiger partial charge is 0.503 e. The number of carboxylic acid groups (broad SMARTS) is 1. The Labute approximate surface area is 89.7 Å². The second kappa shape index (κ2) is 3.86. The number of hydrogen-bond acceptors (Lipinski definition) is 4. The minimum Gasteiger partial charge on any atom is -0.481 e. The fraction of sp³-hybridized carbons (Fsp3) is 0.889. The second-order valence-corrected chi connectivity index (χ2v) is 7.48. The van der Waals surface area contributed by atoms with E-state index in [9.17, 15) is 4.79 Å². The minimum absolute atomic E-state index is 0.190. The van der Waals surface area contributed by atoms with E-state index < -0.39 is 20.7 Å². The Morgan fingerprint density at radius 3 is 2.80 bits per heavy atom. The van der Waals surface area contributed by atoms with Crippen LogP contribution in [0.5, 0.6) is 0 Å². The van der Waals surface area contributed by atoms with E-state index in [1.54, 1.807) is 0 Å². The molecule has 1 N–H and O–H groups in total. The number of rotatable bonds is 2. The van der Waals surface area contributed by atoms with Crippen molar-refractivity contribution < 1.29 is 23.2 Å². The average Bonchev–Trinajstić information content (AvgIpc) is 2.17. The number of carboxylic acids is 1. The summed E-state index contributed by atoms with van der Waals surface area (Å²) in [4.78, 5) is 10.9. The highest BCUT2D eigenvalue weighted by molar-refractivity contribution is 6.62. The molecule has 3 unspecified atom stereocenters. The van der Waals surface area contributed by atoms with Crippen molar-refractivity contribution in [3.8, 4) is 0 Å². The normalized spacial score (nSPS) is 40.5. The van der Waals surface area contributed by atoms with E-state index in [4.69, 9.17) is 18.4 Å². The lowest BCUT2D eigenvalue weighted by molar-refractivity contribution is -0.159. The number of fused-ring (bicyclic) bond motifs is 2. The molecule has 0 aromatic rings. The van der Waals surface area contributed by atoms with Crippen molar-refractivity contribution in [2.24, 2.45) is 5.92 Å². The molecule has 2 bridgehead atoms. The van der Waals surface area contributed by atoms with Crippen molar-refractivity contribution in [3.05, 3.63) is 0 Å². The lowest BCUT2D eigenvalue weighted by atomic mass is 10.0. The SMILES string of the molecule is CC(C)[Si]12OCCC(O1)C(C(=O)O)CO2. The highest BCUT2D eigenvalue weighted by Crippen LogP contribution is 2.37. The van der Waals surface area contributed by atoms with E-state index in [2.05, 4.69) is 0 Å². The van der Waals surface area contributed by atoms with Gasteiger partial charge >= 0.3 is 14.8 Å². The first-order chi connectivity index (χ1) is 7.05. The van der Waals surface area contributed by atoms with Crippen LogP contribution in [0.1, 0.15) is 20.3 Å². The predicted molar refractivity (Wildman–Crippen MR) is 53.4 cm³/mol. The fourth-order valence-electron chi connectivity index (χ4n) is 1.99. The molecule has 0 saturated carbocycles. The van der Waals surface area contributed by atoms with Gasteiger partial charge in [-0.1, -0.05) is 13.8 Å². The van der Waals surface area contributed by atoms with Crippen molar-refractivity contribution in [2.45, 2.75) is 31.9 Å². The third-order valence-corrected chi connectivity index (χ3v) is 6.18. The zero-order valence-electron chi connectivity index (χ0n) is 8.93. The minimum atomic E-state index is -2.56. The van der Waals surface area contributed by atoms with Crippen molar-refractivity contribution in [3.63, 3.8) is 0 Å². The summed E-state index contributed by atoms with van der Waals surface area (Å²) in [5, 5.41) is 8.99. The van der Waals surface area contributed by atoms with Crippen LogP contribution >= 0.6 is 0 Å². The van der Waals surface area contributed by atoms with Crippen LogP contribution in [0.3, 0.4) is 0 Å². The first-order valence-corrected chi connectivity index (χ1v) is 7.04. The van der Waals surface area contributed by atoms with Gasteiger partial charge in [0, 0.05) is 12.1 Å². The highest BCUT2D eigenvalue weighted by Gasteiger charge is 2.55. The molecule has 0 aliphatic carbocycles. The summed E-state index contributed by atoms with van der Waals surface area (Å²) < 4.78 is 17.0. The van der Waals surface area contributed by atoms with Crippen LogP contribution < -0.4 is 0 Å². The van der Waals surface area contributed by atoms with Crippen LogP contribution in [0.25, 0.3) is 0 Å². The maximum Gasteiger partial charge on any atom is 0.503 e. The molecule has 86 valence electrons. The fourth-order valence-corrected chi connectivity index (χ4v) is 4.67. The Hall–Kier alpha value is -0.433. The van der Waals surface area contributed by atoms with Crippen molar-refractivity contribution in [1.82, 2.24) is 0 Å². The Morgan fingerprint density at radius 2 is 2.20 bits per heavy atom. The molecule has 0 spiro atoms. The molecule has 6 heteroatoms. The maximum absolute atomic E-state index is 10.9. The first-order valence-electron chi connectivity index (χ1n) is 5.24. The van der Waals surface area contributed by atoms with Gasteiger partial charge in [0.2, 0.25) is 0 Å². The number of carbonyl (C=O) groups is 1. The quantitative estimate of drug-likeness (QED) is 0.716. The summed E-state index contributed by atoms with van der Waals surface area (Å²) in [5.74, 6) is -1.37. The molecular formula is C9H16O5Si. The Bertz CT molecular complexity index is 269. The Kier molecular flexibility index (Phi) is 2.85. The molecule has 0 radical (unpaired) electrons. The van der Waals surface area contributed by atoms with Crippen molar-refractivity contribution >= 4 is 14.8 Å². The van der Waals surface area contributed by atoms with Crippen LogP contribution in [0.2, 0.25) is 5.54 Å². The zero-order chi connectivity index (χ0) is 11.1. The molecule has 5 nitrogen and oxygen atoms in total. The van der Waals surface area contributed by atoms with Gasteiger partial charge in [0.15, 0.2) is 0 Å². The van der Waals surface area contributed by atoms with E-state index in [0.29, 0.717) is 13.0 Å². The van der Waals surface area contributed by atoms with Gasteiger partial charge in [-0.15, -0.1) is 0 Å². The van der Waals surface area contributed by atoms with Gasteiger partial charge < -0.3 is 18.4 Å². The van der Waals surface area contributed by atoms with Gasteiger partial charge in [-0.25, -0.2) is 0 Å². The van der Waals surface area contributed by atoms with Gasteiger partial charge in [-0.05, 0) is 6.42 Å². The molecule has 2 rings (SSSR count). The molecule has 0 aromatic heterocycles. The second-order valence-electron chi connectivity index (χ2n) is 4.31. The molecule has 0 aromatic carbocycles. The molecule has 3 atom stereocenters. The first kappa shape index (κ1) is 11.1. The van der Waals surface area contributed by atoms with Gasteiger partial charge in [-0.2, -0.15) is 0 Å². The third kappa shape index (κ3) is 1.82. The van der Waals surface area contributed by atoms with E-state index >= 15 is 0 Å². The van der Waals surface area contributed by atoms with E-state index in [1.165, 1.54) is 0 Å². The Morgan fingerprint density at radius 1 is 1.47 bits per heavy atom. The van der Waals surface area contributed by atoms with Gasteiger partial charge in [-0.3, -0.25) is 4.79 Å². The highest BCUT2D eigenvalue weighted by atomic mass is 28.4. The van der Waals surface area contributed by atoms with Crippen LogP contribution in [-0.2, 0) is 18.1 Å². The van der Waals surface area contributed by atoms with Crippen LogP contribution in [0.4, 0.5) is 0 Å². The molecule has 15 heavy (non-hydrogen) atoms. The molecule has 2 aliphatic heterocycles. The molecule has 0 amide bonds. The van der Waals surface area contributed by atoms with Crippen molar-refractivity contribution in [1.29, 1.82) is 0 Å². The third-order valence-electron chi connectivity index (χ3n) is 2.96. The summed E-state index contributed by atoms with van der Waals surface area (Å²) in [6.45, 7) is 4.77. The molecule has 2 heterocycles. The van der Waals surface area contributed by atoms with E-state index in [1.807, 2.05) is 13.8 Å². The van der Waals surface area contributed by atoms with Crippen LogP contribution in [0.15, 0.2) is 0 Å². The van der Waals surface area contributed by atoms with E-state index in [0.717, 1.165) is 0 Å². The summed E-state index contributed by atoms with van der Waals surface area (Å²) in [6.07, 6.45) is 0.431. The number of aliphatic carboxylic acids is 1. The van der Waals surface area contributed by atoms with Gasteiger partial charge in [0.05, 0.1) is 12.7 Å². The monoisotopic (exact) mass is 232 g/mol. The summed E-state index contributed by atoms with van der Waals surface area (Å²) in [6, 6.07) is 0. The summed E-state index contributed by atoms with van der Waals surface area (Å²) in [7, 11) is -2.56. The van der Waals surface area contributed by atoms with Crippen LogP contribution in [0, 0.1) is 5.92 Å². The molecule has 2 fully saturated rings. The zero-order valence-corrected chi connectivity index (χ0v) is 9.93. The smallest absolute Gasteiger partial charge is 0.481 e. The van der Waals surface area contributed by atoms with Crippen LogP contribution in [-0.4, -0.2) is 39.2 Å². The molecule has 2 saturated heterocycles. The summed E-state index contributed by atoms with van der Waals surface area (Å²) >= 11 is 0. The summed E-state index contributed by atoms with van der Waals surface area (Å²) in [5.41, 5.74) is 0.190. The molecular weight excluding hydrogens is 216 g/mol. The lowest BCUT2D eigenvalue weighted by Gasteiger charge is -2.46. The predicted octanol–water partition coefficient (Wildman–Crippen LogP) is 0.872. The van der Waals surface area contributed by atoms with Crippen molar-refractivity contribution in [2.75, 3.05) is 13.2 Å². The van der Waals surface area contributed by atoms with Gasteiger partial charge in [0.1, 0.15) is 5.92 Å². The van der Waals surface area contributed by atoms with E-state index in [-0.39, 0.29) is 18.3 Å². The Balaban J connectivity index is 2.14. The van der Waals surface area contributed by atoms with Gasteiger partial charge in [0.25, 0.3) is 0 Å². The topological polar surface area (TPSA) is 65.0 Å².